The predicted octanol–water partition coefficient (Wildman–Crippen LogP) is 1.90. The second-order valence-corrected chi connectivity index (χ2v) is 5.95. The fourth-order valence-corrected chi connectivity index (χ4v) is 3.67. The quantitative estimate of drug-likeness (QED) is 0.861. The van der Waals surface area contributed by atoms with Gasteiger partial charge in [0.25, 0.3) is 0 Å². The molecule has 0 aliphatic carbocycles. The number of benzene rings is 1. The third-order valence-electron chi connectivity index (χ3n) is 2.68. The van der Waals surface area contributed by atoms with Crippen LogP contribution >= 0.6 is 23.5 Å². The van der Waals surface area contributed by atoms with E-state index < -0.39 is 12.0 Å². The highest BCUT2D eigenvalue weighted by Crippen LogP contribution is 2.25. The van der Waals surface area contributed by atoms with E-state index in [1.54, 1.807) is 18.2 Å². The Balaban J connectivity index is 1.95. The summed E-state index contributed by atoms with van der Waals surface area (Å²) in [7, 11) is 0. The van der Waals surface area contributed by atoms with Crippen LogP contribution in [0.3, 0.4) is 0 Å². The first kappa shape index (κ1) is 14.2. The number of carbonyl (C=O) groups excluding carboxylic acids is 1. The summed E-state index contributed by atoms with van der Waals surface area (Å²) in [5.74, 6) is -0.796. The van der Waals surface area contributed by atoms with Crippen LogP contribution in [0.25, 0.3) is 0 Å². The maximum atomic E-state index is 13.4. The van der Waals surface area contributed by atoms with Crippen LogP contribution in [0, 0.1) is 5.82 Å². The van der Waals surface area contributed by atoms with Crippen molar-refractivity contribution >= 4 is 35.4 Å². The standard InChI is InChI=1S/C12H12FNO3S2/c13-8-3-1-2-4-10(8)19-6-11(15)14-7-18-5-9(14)12(16)17/h1-4,9H,5-7H2,(H,16,17)/t9-/m0/s1. The zero-order chi connectivity index (χ0) is 13.8. The summed E-state index contributed by atoms with van der Waals surface area (Å²) in [6, 6.07) is 5.44. The third kappa shape index (κ3) is 3.42. The first-order chi connectivity index (χ1) is 9.09. The van der Waals surface area contributed by atoms with Crippen LogP contribution in [0.2, 0.25) is 0 Å². The average Bonchev–Trinajstić information content (AvgIpc) is 2.87. The minimum absolute atomic E-state index is 0.0469. The van der Waals surface area contributed by atoms with Gasteiger partial charge in [0.2, 0.25) is 5.91 Å². The van der Waals surface area contributed by atoms with E-state index in [0.29, 0.717) is 16.5 Å². The Morgan fingerprint density at radius 1 is 1.47 bits per heavy atom. The van der Waals surface area contributed by atoms with E-state index >= 15 is 0 Å². The maximum Gasteiger partial charge on any atom is 0.327 e. The zero-order valence-electron chi connectivity index (χ0n) is 9.91. The van der Waals surface area contributed by atoms with Gasteiger partial charge < -0.3 is 10.0 Å². The molecule has 0 bridgehead atoms. The SMILES string of the molecule is O=C(O)[C@@H]1CSCN1C(=O)CSc1ccccc1F. The van der Waals surface area contributed by atoms with Crippen molar-refractivity contribution in [3.8, 4) is 0 Å². The monoisotopic (exact) mass is 301 g/mol. The fraction of sp³-hybridized carbons (Fsp3) is 0.333. The lowest BCUT2D eigenvalue weighted by Crippen LogP contribution is -2.42. The van der Waals surface area contributed by atoms with Gasteiger partial charge >= 0.3 is 5.97 Å². The van der Waals surface area contributed by atoms with E-state index in [9.17, 15) is 14.0 Å². The number of carbonyl (C=O) groups is 2. The van der Waals surface area contributed by atoms with E-state index in [0.717, 1.165) is 11.8 Å². The minimum Gasteiger partial charge on any atom is -0.480 e. The van der Waals surface area contributed by atoms with E-state index in [4.69, 9.17) is 5.11 Å². The molecule has 0 spiro atoms. The van der Waals surface area contributed by atoms with Gasteiger partial charge in [-0.05, 0) is 12.1 Å². The van der Waals surface area contributed by atoms with E-state index in [-0.39, 0.29) is 17.5 Å². The zero-order valence-corrected chi connectivity index (χ0v) is 11.5. The van der Waals surface area contributed by atoms with Gasteiger partial charge in [0.15, 0.2) is 0 Å². The van der Waals surface area contributed by atoms with Crippen molar-refractivity contribution in [2.75, 3.05) is 17.4 Å². The van der Waals surface area contributed by atoms with Gasteiger partial charge in [-0.25, -0.2) is 9.18 Å². The molecule has 1 fully saturated rings. The van der Waals surface area contributed by atoms with Gasteiger partial charge in [-0.3, -0.25) is 4.79 Å². The number of amides is 1. The topological polar surface area (TPSA) is 57.6 Å². The van der Waals surface area contributed by atoms with Crippen molar-refractivity contribution in [2.24, 2.45) is 0 Å². The Morgan fingerprint density at radius 3 is 2.89 bits per heavy atom. The second kappa shape index (κ2) is 6.29. The molecule has 1 aliphatic heterocycles. The smallest absolute Gasteiger partial charge is 0.327 e. The molecule has 0 unspecified atom stereocenters. The highest BCUT2D eigenvalue weighted by molar-refractivity contribution is 8.00. The van der Waals surface area contributed by atoms with Crippen LogP contribution in [-0.4, -0.2) is 45.3 Å². The molecule has 1 amide bonds. The molecule has 0 aromatic heterocycles. The van der Waals surface area contributed by atoms with Gasteiger partial charge in [0.1, 0.15) is 11.9 Å². The van der Waals surface area contributed by atoms with Crippen LogP contribution < -0.4 is 0 Å². The summed E-state index contributed by atoms with van der Waals surface area (Å²) in [4.78, 5) is 24.7. The van der Waals surface area contributed by atoms with Crippen molar-refractivity contribution < 1.29 is 19.1 Å². The molecular formula is C12H12FNO3S2. The molecule has 1 atom stereocenters. The van der Waals surface area contributed by atoms with Gasteiger partial charge in [0, 0.05) is 10.6 Å². The maximum absolute atomic E-state index is 13.4. The van der Waals surface area contributed by atoms with Crippen LogP contribution in [0.5, 0.6) is 0 Å². The molecule has 1 N–H and O–H groups in total. The average molecular weight is 301 g/mol. The number of carboxylic acids is 1. The number of aliphatic carboxylic acids is 1. The van der Waals surface area contributed by atoms with E-state index in [2.05, 4.69) is 0 Å². The predicted molar refractivity (Wildman–Crippen MR) is 72.7 cm³/mol. The Bertz CT molecular complexity index is 498. The van der Waals surface area contributed by atoms with Crippen LogP contribution in [0.4, 0.5) is 4.39 Å². The molecule has 19 heavy (non-hydrogen) atoms. The number of thioether (sulfide) groups is 2. The normalized spacial score (nSPS) is 18.6. The number of nitrogens with zero attached hydrogens (tertiary/aromatic N) is 1. The highest BCUT2D eigenvalue weighted by atomic mass is 32.2. The molecule has 2 rings (SSSR count). The molecule has 1 heterocycles. The summed E-state index contributed by atoms with van der Waals surface area (Å²) in [5.41, 5.74) is 0. The molecule has 7 heteroatoms. The molecule has 0 saturated carbocycles. The van der Waals surface area contributed by atoms with Crippen molar-refractivity contribution in [3.63, 3.8) is 0 Å². The van der Waals surface area contributed by atoms with Gasteiger partial charge in [-0.2, -0.15) is 0 Å². The second-order valence-electron chi connectivity index (χ2n) is 3.94. The lowest BCUT2D eigenvalue weighted by atomic mass is 10.3. The van der Waals surface area contributed by atoms with Crippen LogP contribution in [-0.2, 0) is 9.59 Å². The Hall–Kier alpha value is -1.21. The van der Waals surface area contributed by atoms with E-state index in [1.165, 1.54) is 22.7 Å². The first-order valence-electron chi connectivity index (χ1n) is 5.57. The van der Waals surface area contributed by atoms with Gasteiger partial charge in [-0.1, -0.05) is 12.1 Å². The molecule has 1 aromatic carbocycles. The summed E-state index contributed by atoms with van der Waals surface area (Å²) in [6.07, 6.45) is 0. The van der Waals surface area contributed by atoms with Gasteiger partial charge in [-0.15, -0.1) is 23.5 Å². The van der Waals surface area contributed by atoms with Crippen LogP contribution in [0.15, 0.2) is 29.2 Å². The fourth-order valence-electron chi connectivity index (χ4n) is 1.68. The number of hydrogen-bond donors (Lipinski definition) is 1. The van der Waals surface area contributed by atoms with E-state index in [1.807, 2.05) is 0 Å². The highest BCUT2D eigenvalue weighted by Gasteiger charge is 2.34. The lowest BCUT2D eigenvalue weighted by Gasteiger charge is -2.20. The minimum atomic E-state index is -0.991. The summed E-state index contributed by atoms with van der Waals surface area (Å²) < 4.78 is 13.4. The third-order valence-corrected chi connectivity index (χ3v) is 4.72. The number of rotatable bonds is 4. The number of carboxylic acid groups (broad SMARTS) is 1. The molecule has 1 saturated heterocycles. The van der Waals surface area contributed by atoms with Crippen molar-refractivity contribution in [3.05, 3.63) is 30.1 Å². The Labute approximate surface area is 118 Å². The van der Waals surface area contributed by atoms with Gasteiger partial charge in [0.05, 0.1) is 11.6 Å². The summed E-state index contributed by atoms with van der Waals surface area (Å²) in [6.45, 7) is 0. The number of halogens is 1. The van der Waals surface area contributed by atoms with Crippen molar-refractivity contribution in [1.82, 2.24) is 4.90 Å². The molecule has 1 aliphatic rings. The summed E-state index contributed by atoms with van der Waals surface area (Å²) >= 11 is 2.50. The molecular weight excluding hydrogens is 289 g/mol. The summed E-state index contributed by atoms with van der Waals surface area (Å²) in [5, 5.41) is 8.99. The largest absolute Gasteiger partial charge is 0.480 e. The van der Waals surface area contributed by atoms with Crippen molar-refractivity contribution in [2.45, 2.75) is 10.9 Å². The first-order valence-corrected chi connectivity index (χ1v) is 7.71. The molecule has 102 valence electrons. The van der Waals surface area contributed by atoms with Crippen molar-refractivity contribution in [1.29, 1.82) is 0 Å². The molecule has 1 aromatic rings. The van der Waals surface area contributed by atoms with Crippen LogP contribution in [0.1, 0.15) is 0 Å². The Morgan fingerprint density at radius 2 is 2.21 bits per heavy atom. The molecule has 0 radical (unpaired) electrons. The molecule has 4 nitrogen and oxygen atoms in total. The lowest BCUT2D eigenvalue weighted by molar-refractivity contribution is -0.146. The number of hydrogen-bond acceptors (Lipinski definition) is 4. The Kier molecular flexibility index (Phi) is 4.71.